The van der Waals surface area contributed by atoms with Crippen molar-refractivity contribution in [1.82, 2.24) is 9.80 Å². The number of nitrogens with zero attached hydrogens (tertiary/aromatic N) is 2. The SMILES string of the molecule is COC(=O)C(c1ccc(Cl)cc1)N1CCN(C(=O)c2cc3ccccc3cc2O)CC1. The number of amides is 1. The lowest BCUT2D eigenvalue weighted by atomic mass is 10.0. The van der Waals surface area contributed by atoms with E-state index in [0.717, 1.165) is 16.3 Å². The molecule has 0 spiro atoms. The zero-order chi connectivity index (χ0) is 22.0. The fraction of sp³-hybridized carbons (Fsp3) is 0.250. The summed E-state index contributed by atoms with van der Waals surface area (Å²) in [5.41, 5.74) is 1.08. The number of phenols is 1. The van der Waals surface area contributed by atoms with Crippen LogP contribution in [0.2, 0.25) is 5.02 Å². The summed E-state index contributed by atoms with van der Waals surface area (Å²) in [4.78, 5) is 29.3. The van der Waals surface area contributed by atoms with E-state index in [2.05, 4.69) is 0 Å². The molecule has 1 atom stereocenters. The molecule has 0 radical (unpaired) electrons. The molecule has 1 heterocycles. The van der Waals surface area contributed by atoms with Crippen LogP contribution in [0.25, 0.3) is 10.8 Å². The van der Waals surface area contributed by atoms with Gasteiger partial charge in [0.05, 0.1) is 12.7 Å². The predicted octanol–water partition coefficient (Wildman–Crippen LogP) is 3.87. The van der Waals surface area contributed by atoms with E-state index in [0.29, 0.717) is 31.2 Å². The average Bonchev–Trinajstić information content (AvgIpc) is 2.80. The van der Waals surface area contributed by atoms with E-state index in [4.69, 9.17) is 16.3 Å². The third-order valence-corrected chi connectivity index (χ3v) is 5.92. The van der Waals surface area contributed by atoms with Gasteiger partial charge in [-0.05, 0) is 40.6 Å². The number of ether oxygens (including phenoxy) is 1. The molecule has 3 aromatic rings. The van der Waals surface area contributed by atoms with Crippen molar-refractivity contribution in [3.05, 3.63) is 76.8 Å². The van der Waals surface area contributed by atoms with Crippen molar-refractivity contribution in [2.75, 3.05) is 33.3 Å². The van der Waals surface area contributed by atoms with Gasteiger partial charge in [-0.25, -0.2) is 4.79 Å². The van der Waals surface area contributed by atoms with Gasteiger partial charge in [0.25, 0.3) is 5.91 Å². The van der Waals surface area contributed by atoms with Crippen molar-refractivity contribution in [3.63, 3.8) is 0 Å². The summed E-state index contributed by atoms with van der Waals surface area (Å²) in [5.74, 6) is -0.599. The Morgan fingerprint density at radius 3 is 2.19 bits per heavy atom. The molecular formula is C24H23ClN2O4. The van der Waals surface area contributed by atoms with Crippen LogP contribution >= 0.6 is 11.6 Å². The normalized spacial score (nSPS) is 15.6. The summed E-state index contributed by atoms with van der Waals surface area (Å²) < 4.78 is 5.02. The molecule has 3 aromatic carbocycles. The number of rotatable bonds is 4. The van der Waals surface area contributed by atoms with E-state index in [-0.39, 0.29) is 23.2 Å². The van der Waals surface area contributed by atoms with Gasteiger partial charge in [-0.15, -0.1) is 0 Å². The van der Waals surface area contributed by atoms with Crippen molar-refractivity contribution in [2.45, 2.75) is 6.04 Å². The molecule has 6 nitrogen and oxygen atoms in total. The highest BCUT2D eigenvalue weighted by atomic mass is 35.5. The van der Waals surface area contributed by atoms with Crippen LogP contribution in [-0.2, 0) is 9.53 Å². The standard InChI is InChI=1S/C24H23ClN2O4/c1-31-24(30)22(16-6-8-19(25)9-7-16)26-10-12-27(13-11-26)23(29)20-14-17-4-2-3-5-18(17)15-21(20)28/h2-9,14-15,22,28H,10-13H2,1H3. The maximum absolute atomic E-state index is 13.1. The van der Waals surface area contributed by atoms with E-state index < -0.39 is 6.04 Å². The average molecular weight is 439 g/mol. The number of fused-ring (bicyclic) bond motifs is 1. The third-order valence-electron chi connectivity index (χ3n) is 5.67. The Labute approximate surface area is 185 Å². The predicted molar refractivity (Wildman–Crippen MR) is 119 cm³/mol. The summed E-state index contributed by atoms with van der Waals surface area (Å²) in [6.07, 6.45) is 0. The Morgan fingerprint density at radius 1 is 0.968 bits per heavy atom. The molecule has 1 saturated heterocycles. The first-order valence-electron chi connectivity index (χ1n) is 10.1. The molecular weight excluding hydrogens is 416 g/mol. The van der Waals surface area contributed by atoms with Crippen LogP contribution < -0.4 is 0 Å². The van der Waals surface area contributed by atoms with Gasteiger partial charge in [0.15, 0.2) is 0 Å². The molecule has 0 bridgehead atoms. The topological polar surface area (TPSA) is 70.1 Å². The fourth-order valence-corrected chi connectivity index (χ4v) is 4.13. The zero-order valence-electron chi connectivity index (χ0n) is 17.1. The van der Waals surface area contributed by atoms with Crippen LogP contribution in [0.5, 0.6) is 5.75 Å². The second-order valence-corrected chi connectivity index (χ2v) is 7.96. The minimum Gasteiger partial charge on any atom is -0.507 e. The summed E-state index contributed by atoms with van der Waals surface area (Å²) in [6.45, 7) is 1.88. The Balaban J connectivity index is 1.50. The molecule has 0 aliphatic carbocycles. The fourth-order valence-electron chi connectivity index (χ4n) is 4.01. The lowest BCUT2D eigenvalue weighted by Crippen LogP contribution is -2.51. The molecule has 4 rings (SSSR count). The van der Waals surface area contributed by atoms with Crippen LogP contribution in [-0.4, -0.2) is 60.1 Å². The highest BCUT2D eigenvalue weighted by Gasteiger charge is 2.33. The van der Waals surface area contributed by atoms with Crippen molar-refractivity contribution in [2.24, 2.45) is 0 Å². The first-order chi connectivity index (χ1) is 15.0. The highest BCUT2D eigenvalue weighted by molar-refractivity contribution is 6.30. The molecule has 0 aromatic heterocycles. The largest absolute Gasteiger partial charge is 0.507 e. The molecule has 1 aliphatic heterocycles. The van der Waals surface area contributed by atoms with E-state index in [1.165, 1.54) is 7.11 Å². The van der Waals surface area contributed by atoms with Gasteiger partial charge in [0, 0.05) is 31.2 Å². The number of halogens is 1. The first kappa shape index (κ1) is 21.2. The van der Waals surface area contributed by atoms with Gasteiger partial charge in [-0.1, -0.05) is 48.0 Å². The molecule has 1 amide bonds. The smallest absolute Gasteiger partial charge is 0.327 e. The van der Waals surface area contributed by atoms with Crippen molar-refractivity contribution in [3.8, 4) is 5.75 Å². The van der Waals surface area contributed by atoms with E-state index in [1.54, 1.807) is 29.2 Å². The zero-order valence-corrected chi connectivity index (χ0v) is 17.9. The lowest BCUT2D eigenvalue weighted by molar-refractivity contribution is -0.148. The minimum atomic E-state index is -0.561. The number of aromatic hydroxyl groups is 1. The number of hydrogen-bond donors (Lipinski definition) is 1. The Hall–Kier alpha value is -3.09. The highest BCUT2D eigenvalue weighted by Crippen LogP contribution is 2.28. The van der Waals surface area contributed by atoms with Crippen LogP contribution in [0.4, 0.5) is 0 Å². The maximum atomic E-state index is 13.1. The summed E-state index contributed by atoms with van der Waals surface area (Å²) in [5, 5.41) is 12.8. The van der Waals surface area contributed by atoms with Crippen molar-refractivity contribution in [1.29, 1.82) is 0 Å². The van der Waals surface area contributed by atoms with Gasteiger partial charge >= 0.3 is 5.97 Å². The van der Waals surface area contributed by atoms with Crippen molar-refractivity contribution < 1.29 is 19.4 Å². The van der Waals surface area contributed by atoms with Crippen molar-refractivity contribution >= 4 is 34.2 Å². The van der Waals surface area contributed by atoms with Crippen LogP contribution in [0, 0.1) is 0 Å². The number of phenolic OH excluding ortho intramolecular Hbond substituents is 1. The van der Waals surface area contributed by atoms with Gasteiger partial charge in [0.2, 0.25) is 0 Å². The Morgan fingerprint density at radius 2 is 1.58 bits per heavy atom. The van der Waals surface area contributed by atoms with Crippen LogP contribution in [0.1, 0.15) is 22.0 Å². The Bertz CT molecular complexity index is 1110. The molecule has 1 aliphatic rings. The molecule has 0 saturated carbocycles. The van der Waals surface area contributed by atoms with E-state index >= 15 is 0 Å². The monoisotopic (exact) mass is 438 g/mol. The second kappa shape index (κ2) is 8.96. The molecule has 160 valence electrons. The number of benzene rings is 3. The number of hydrogen-bond acceptors (Lipinski definition) is 5. The minimum absolute atomic E-state index is 0.0280. The summed E-state index contributed by atoms with van der Waals surface area (Å²) >= 11 is 5.98. The quantitative estimate of drug-likeness (QED) is 0.626. The molecule has 1 fully saturated rings. The number of carbonyl (C=O) groups excluding carboxylic acids is 2. The van der Waals surface area contributed by atoms with Gasteiger partial charge < -0.3 is 14.7 Å². The third kappa shape index (κ3) is 4.36. The first-order valence-corrected chi connectivity index (χ1v) is 10.4. The van der Waals surface area contributed by atoms with Crippen LogP contribution in [0.15, 0.2) is 60.7 Å². The maximum Gasteiger partial charge on any atom is 0.327 e. The number of carbonyl (C=O) groups is 2. The Kier molecular flexibility index (Phi) is 6.11. The number of esters is 1. The van der Waals surface area contributed by atoms with Gasteiger partial charge in [-0.3, -0.25) is 9.69 Å². The van der Waals surface area contributed by atoms with Gasteiger partial charge in [0.1, 0.15) is 11.8 Å². The molecule has 1 unspecified atom stereocenters. The van der Waals surface area contributed by atoms with Gasteiger partial charge in [-0.2, -0.15) is 0 Å². The van der Waals surface area contributed by atoms with E-state index in [1.807, 2.05) is 41.3 Å². The summed E-state index contributed by atoms with van der Waals surface area (Å²) in [7, 11) is 1.37. The molecule has 31 heavy (non-hydrogen) atoms. The van der Waals surface area contributed by atoms with E-state index in [9.17, 15) is 14.7 Å². The van der Waals surface area contributed by atoms with Crippen LogP contribution in [0.3, 0.4) is 0 Å². The number of methoxy groups -OCH3 is 1. The molecule has 7 heteroatoms. The summed E-state index contributed by atoms with van der Waals surface area (Å²) in [6, 6.07) is 17.5. The molecule has 1 N–H and O–H groups in total. The lowest BCUT2D eigenvalue weighted by Gasteiger charge is -2.38. The second-order valence-electron chi connectivity index (χ2n) is 7.52. The number of piperazine rings is 1.